The fourth-order valence-electron chi connectivity index (χ4n) is 4.87. The van der Waals surface area contributed by atoms with E-state index in [1.165, 1.54) is 0 Å². The molecule has 1 N–H and O–H groups in total. The number of carbonyl (C=O) groups excluding carboxylic acids is 1. The lowest BCUT2D eigenvalue weighted by atomic mass is 9.77. The maximum Gasteiger partial charge on any atom is 0.289 e. The van der Waals surface area contributed by atoms with Crippen LogP contribution in [-0.4, -0.2) is 52.0 Å². The van der Waals surface area contributed by atoms with Crippen molar-refractivity contribution < 1.29 is 19.1 Å². The van der Waals surface area contributed by atoms with Gasteiger partial charge >= 0.3 is 0 Å². The predicted molar refractivity (Wildman–Crippen MR) is 110 cm³/mol. The first-order chi connectivity index (χ1) is 14.6. The molecule has 7 heteroatoms. The smallest absolute Gasteiger partial charge is 0.289 e. The number of aliphatic hydroxyl groups excluding tert-OH is 1. The molecule has 3 heterocycles. The van der Waals surface area contributed by atoms with Gasteiger partial charge in [-0.25, -0.2) is 0 Å². The number of benzene rings is 1. The van der Waals surface area contributed by atoms with Gasteiger partial charge in [-0.1, -0.05) is 12.1 Å². The lowest BCUT2D eigenvalue weighted by Crippen LogP contribution is -2.36. The number of hydrogen-bond donors (Lipinski definition) is 1. The highest BCUT2D eigenvalue weighted by Crippen LogP contribution is 2.41. The van der Waals surface area contributed by atoms with Crippen molar-refractivity contribution in [3.63, 3.8) is 0 Å². The van der Waals surface area contributed by atoms with E-state index >= 15 is 0 Å². The molecule has 5 rings (SSSR count). The topological polar surface area (TPSA) is 80.7 Å². The minimum absolute atomic E-state index is 0.0282. The van der Waals surface area contributed by atoms with Crippen LogP contribution in [0.15, 0.2) is 59.3 Å². The fraction of sp³-hybridized carbons (Fsp3) is 0.391. The Hall–Kier alpha value is -3.06. The summed E-state index contributed by atoms with van der Waals surface area (Å²) >= 11 is 0. The number of ether oxygens (including phenoxy) is 1. The Bertz CT molecular complexity index is 1030. The largest absolute Gasteiger partial charge is 0.497 e. The van der Waals surface area contributed by atoms with Crippen LogP contribution in [0, 0.1) is 11.8 Å². The summed E-state index contributed by atoms with van der Waals surface area (Å²) in [4.78, 5) is 14.9. The van der Waals surface area contributed by atoms with Crippen molar-refractivity contribution in [3.8, 4) is 17.1 Å². The lowest BCUT2D eigenvalue weighted by Gasteiger charge is -2.35. The average molecular weight is 407 g/mol. The molecule has 7 nitrogen and oxygen atoms in total. The molecule has 1 aliphatic carbocycles. The summed E-state index contributed by atoms with van der Waals surface area (Å²) in [6, 6.07) is 13.0. The van der Waals surface area contributed by atoms with Gasteiger partial charge in [0.2, 0.25) is 0 Å². The van der Waals surface area contributed by atoms with Crippen molar-refractivity contribution in [2.75, 3.05) is 20.2 Å². The maximum absolute atomic E-state index is 13.1. The number of furan rings is 1. The van der Waals surface area contributed by atoms with Crippen molar-refractivity contribution in [3.05, 3.63) is 60.6 Å². The molecule has 1 saturated heterocycles. The SMILES string of the molecule is COc1cccc(-c2ccc(C(=O)N3C[C@H]4C[C@@H](n5cccn5)[C@H](O)C[C@H]4C3)o2)c1. The van der Waals surface area contributed by atoms with Gasteiger partial charge in [-0.15, -0.1) is 0 Å². The predicted octanol–water partition coefficient (Wildman–Crippen LogP) is 3.24. The minimum Gasteiger partial charge on any atom is -0.497 e. The van der Waals surface area contributed by atoms with Gasteiger partial charge in [0.15, 0.2) is 5.76 Å². The van der Waals surface area contributed by atoms with E-state index in [0.29, 0.717) is 42.9 Å². The third-order valence-electron chi connectivity index (χ3n) is 6.43. The third kappa shape index (κ3) is 3.39. The van der Waals surface area contributed by atoms with Crippen molar-refractivity contribution in [1.29, 1.82) is 0 Å². The Morgan fingerprint density at radius 1 is 1.17 bits per heavy atom. The van der Waals surface area contributed by atoms with Crippen LogP contribution < -0.4 is 4.74 Å². The van der Waals surface area contributed by atoms with Gasteiger partial charge in [0.1, 0.15) is 11.5 Å². The van der Waals surface area contributed by atoms with Gasteiger partial charge in [-0.3, -0.25) is 9.48 Å². The summed E-state index contributed by atoms with van der Waals surface area (Å²) in [6.07, 6.45) is 4.70. The van der Waals surface area contributed by atoms with Gasteiger partial charge in [0.05, 0.1) is 19.3 Å². The Kier molecular flexibility index (Phi) is 4.83. The molecule has 0 unspecified atom stereocenters. The van der Waals surface area contributed by atoms with Crippen molar-refractivity contribution in [2.45, 2.75) is 25.0 Å². The Morgan fingerprint density at radius 3 is 2.77 bits per heavy atom. The highest BCUT2D eigenvalue weighted by molar-refractivity contribution is 5.92. The monoisotopic (exact) mass is 407 g/mol. The highest BCUT2D eigenvalue weighted by atomic mass is 16.5. The third-order valence-corrected chi connectivity index (χ3v) is 6.43. The van der Waals surface area contributed by atoms with E-state index in [4.69, 9.17) is 9.15 Å². The van der Waals surface area contributed by atoms with Crippen LogP contribution in [0.25, 0.3) is 11.3 Å². The molecule has 2 aromatic heterocycles. The van der Waals surface area contributed by atoms with E-state index in [1.54, 1.807) is 19.4 Å². The van der Waals surface area contributed by atoms with Crippen LogP contribution in [0.5, 0.6) is 5.75 Å². The van der Waals surface area contributed by atoms with Crippen LogP contribution in [-0.2, 0) is 0 Å². The van der Waals surface area contributed by atoms with Crippen molar-refractivity contribution in [2.24, 2.45) is 11.8 Å². The number of likely N-dealkylation sites (tertiary alicyclic amines) is 1. The summed E-state index contributed by atoms with van der Waals surface area (Å²) in [5.74, 6) is 2.30. The standard InChI is InChI=1S/C23H25N3O4/c1-29-18-5-2-4-15(10-18)21-6-7-22(30-21)23(28)25-13-16-11-19(26-9-3-8-24-26)20(27)12-17(16)14-25/h2-10,16-17,19-20,27H,11-14H2,1H3/t16-,17+,19-,20-/m1/s1. The van der Waals surface area contributed by atoms with Gasteiger partial charge in [0, 0.05) is 31.0 Å². The van der Waals surface area contributed by atoms with Crippen molar-refractivity contribution in [1.82, 2.24) is 14.7 Å². The maximum atomic E-state index is 13.1. The summed E-state index contributed by atoms with van der Waals surface area (Å²) in [6.45, 7) is 1.34. The Labute approximate surface area is 174 Å². The minimum atomic E-state index is -0.440. The zero-order valence-corrected chi connectivity index (χ0v) is 16.8. The molecular weight excluding hydrogens is 382 g/mol. The number of amides is 1. The molecule has 0 bridgehead atoms. The Morgan fingerprint density at radius 2 is 2.00 bits per heavy atom. The number of carbonyl (C=O) groups is 1. The second kappa shape index (κ2) is 7.65. The quantitative estimate of drug-likeness (QED) is 0.718. The Balaban J connectivity index is 1.29. The number of fused-ring (bicyclic) bond motifs is 1. The fourth-order valence-corrected chi connectivity index (χ4v) is 4.87. The lowest BCUT2D eigenvalue weighted by molar-refractivity contribution is 0.0306. The second-order valence-corrected chi connectivity index (χ2v) is 8.22. The normalized spacial score (nSPS) is 25.9. The molecule has 2 fully saturated rings. The number of methoxy groups -OCH3 is 1. The van der Waals surface area contributed by atoms with E-state index < -0.39 is 6.10 Å². The van der Waals surface area contributed by atoms with E-state index in [1.807, 2.05) is 52.2 Å². The van der Waals surface area contributed by atoms with Crippen LogP contribution in [0.3, 0.4) is 0 Å². The first kappa shape index (κ1) is 18.9. The number of nitrogens with zero attached hydrogens (tertiary/aromatic N) is 3. The summed E-state index contributed by atoms with van der Waals surface area (Å²) < 4.78 is 13.0. The summed E-state index contributed by atoms with van der Waals surface area (Å²) in [7, 11) is 1.62. The molecule has 4 atom stereocenters. The molecule has 156 valence electrons. The number of aromatic nitrogens is 2. The van der Waals surface area contributed by atoms with Crippen LogP contribution in [0.1, 0.15) is 29.4 Å². The van der Waals surface area contributed by atoms with Crippen LogP contribution >= 0.6 is 0 Å². The molecule has 1 aliphatic heterocycles. The number of hydrogen-bond acceptors (Lipinski definition) is 5. The molecular formula is C23H25N3O4. The molecule has 30 heavy (non-hydrogen) atoms. The van der Waals surface area contributed by atoms with Gasteiger partial charge in [-0.2, -0.15) is 5.10 Å². The van der Waals surface area contributed by atoms with Crippen LogP contribution in [0.4, 0.5) is 0 Å². The molecule has 3 aromatic rings. The first-order valence-electron chi connectivity index (χ1n) is 10.3. The second-order valence-electron chi connectivity index (χ2n) is 8.22. The molecule has 2 aliphatic rings. The zero-order chi connectivity index (χ0) is 20.7. The average Bonchev–Trinajstić information content (AvgIpc) is 3.52. The van der Waals surface area contributed by atoms with Crippen molar-refractivity contribution >= 4 is 5.91 Å². The van der Waals surface area contributed by atoms with E-state index in [9.17, 15) is 9.90 Å². The van der Waals surface area contributed by atoms with E-state index in [-0.39, 0.29) is 11.9 Å². The van der Waals surface area contributed by atoms with Gasteiger partial charge in [-0.05, 0) is 55.0 Å². The van der Waals surface area contributed by atoms with E-state index in [2.05, 4.69) is 5.10 Å². The van der Waals surface area contributed by atoms with Gasteiger partial charge < -0.3 is 19.2 Å². The summed E-state index contributed by atoms with van der Waals surface area (Å²) in [5.41, 5.74) is 0.869. The molecule has 0 radical (unpaired) electrons. The van der Waals surface area contributed by atoms with Gasteiger partial charge in [0.25, 0.3) is 5.91 Å². The molecule has 0 spiro atoms. The molecule has 1 saturated carbocycles. The van der Waals surface area contributed by atoms with E-state index in [0.717, 1.165) is 17.7 Å². The summed E-state index contributed by atoms with van der Waals surface area (Å²) in [5, 5.41) is 14.9. The molecule has 1 amide bonds. The number of aliphatic hydroxyl groups is 1. The molecule has 1 aromatic carbocycles. The van der Waals surface area contributed by atoms with Crippen LogP contribution in [0.2, 0.25) is 0 Å². The zero-order valence-electron chi connectivity index (χ0n) is 16.8. The highest BCUT2D eigenvalue weighted by Gasteiger charge is 2.44. The number of rotatable bonds is 4. The first-order valence-corrected chi connectivity index (χ1v) is 10.3.